The molecule has 150 valence electrons. The summed E-state index contributed by atoms with van der Waals surface area (Å²) in [5.41, 5.74) is 1.92. The number of carbonyl (C=O) groups is 1. The molecule has 0 spiro atoms. The van der Waals surface area contributed by atoms with E-state index >= 15 is 0 Å². The number of piperazine rings is 1. The minimum atomic E-state index is 0.112. The van der Waals surface area contributed by atoms with E-state index in [1.165, 1.54) is 0 Å². The Morgan fingerprint density at radius 3 is 2.59 bits per heavy atom. The Morgan fingerprint density at radius 2 is 1.90 bits per heavy atom. The Balaban J connectivity index is 1.26. The summed E-state index contributed by atoms with van der Waals surface area (Å²) in [6, 6.07) is 11.7. The second kappa shape index (κ2) is 8.72. The second-order valence-electron chi connectivity index (χ2n) is 6.81. The zero-order valence-corrected chi connectivity index (χ0v) is 16.3. The Kier molecular flexibility index (Phi) is 5.69. The molecule has 4 rings (SSSR count). The molecule has 0 atom stereocenters. The third kappa shape index (κ3) is 4.53. The number of nitrogens with zero attached hydrogens (tertiary/aromatic N) is 5. The van der Waals surface area contributed by atoms with Crippen LogP contribution >= 0.6 is 0 Å². The quantitative estimate of drug-likeness (QED) is 0.636. The summed E-state index contributed by atoms with van der Waals surface area (Å²) in [5.74, 6) is 1.85. The Labute approximate surface area is 169 Å². The molecule has 2 aromatic heterocycles. The summed E-state index contributed by atoms with van der Waals surface area (Å²) in [7, 11) is 1.66. The number of anilines is 1. The summed E-state index contributed by atoms with van der Waals surface area (Å²) in [6.45, 7) is 3.03. The van der Waals surface area contributed by atoms with Crippen LogP contribution in [-0.4, -0.2) is 59.3 Å². The predicted molar refractivity (Wildman–Crippen MR) is 108 cm³/mol. The van der Waals surface area contributed by atoms with Crippen molar-refractivity contribution in [2.75, 3.05) is 38.2 Å². The number of aryl methyl sites for hydroxylation is 1. The Hall–Kier alpha value is -3.42. The fourth-order valence-corrected chi connectivity index (χ4v) is 3.34. The molecule has 29 heavy (non-hydrogen) atoms. The van der Waals surface area contributed by atoms with Gasteiger partial charge in [0.2, 0.25) is 17.7 Å². The van der Waals surface area contributed by atoms with Gasteiger partial charge in [-0.25, -0.2) is 0 Å². The molecule has 0 bridgehead atoms. The van der Waals surface area contributed by atoms with E-state index in [0.717, 1.165) is 30.1 Å². The lowest BCUT2D eigenvalue weighted by Crippen LogP contribution is -2.48. The van der Waals surface area contributed by atoms with Crippen molar-refractivity contribution >= 4 is 11.6 Å². The molecule has 0 saturated carbocycles. The number of pyridine rings is 1. The molecule has 0 unspecified atom stereocenters. The lowest BCUT2D eigenvalue weighted by Gasteiger charge is -2.36. The molecule has 1 aliphatic rings. The highest BCUT2D eigenvalue weighted by Gasteiger charge is 2.22. The van der Waals surface area contributed by atoms with Crippen molar-refractivity contribution in [3.63, 3.8) is 0 Å². The number of hydrogen-bond acceptors (Lipinski definition) is 7. The molecule has 1 aromatic carbocycles. The van der Waals surface area contributed by atoms with E-state index in [9.17, 15) is 4.79 Å². The van der Waals surface area contributed by atoms with E-state index in [-0.39, 0.29) is 5.91 Å². The van der Waals surface area contributed by atoms with Crippen LogP contribution < -0.4 is 9.64 Å². The maximum atomic E-state index is 12.6. The summed E-state index contributed by atoms with van der Waals surface area (Å²) < 4.78 is 10.9. The number of amides is 1. The lowest BCUT2D eigenvalue weighted by molar-refractivity contribution is -0.131. The molecule has 3 heterocycles. The number of carbonyl (C=O) groups excluding carboxylic acids is 1. The average molecular weight is 393 g/mol. The summed E-state index contributed by atoms with van der Waals surface area (Å²) in [4.78, 5) is 20.8. The zero-order chi connectivity index (χ0) is 20.1. The third-order valence-electron chi connectivity index (χ3n) is 5.00. The molecule has 0 radical (unpaired) electrons. The highest BCUT2D eigenvalue weighted by molar-refractivity contribution is 5.76. The first kappa shape index (κ1) is 18.9. The van der Waals surface area contributed by atoms with Gasteiger partial charge in [-0.05, 0) is 36.4 Å². The summed E-state index contributed by atoms with van der Waals surface area (Å²) in [5, 5.41) is 8.08. The van der Waals surface area contributed by atoms with Crippen LogP contribution in [0.5, 0.6) is 5.75 Å². The number of rotatable bonds is 6. The number of benzene rings is 1. The molecule has 0 N–H and O–H groups in total. The van der Waals surface area contributed by atoms with Crippen LogP contribution in [0, 0.1) is 0 Å². The summed E-state index contributed by atoms with van der Waals surface area (Å²) in [6.07, 6.45) is 4.15. The topological polar surface area (TPSA) is 84.6 Å². The van der Waals surface area contributed by atoms with E-state index in [1.54, 1.807) is 19.5 Å². The van der Waals surface area contributed by atoms with Crippen molar-refractivity contribution in [2.45, 2.75) is 12.8 Å². The maximum Gasteiger partial charge on any atom is 0.249 e. The van der Waals surface area contributed by atoms with Crippen LogP contribution in [0.1, 0.15) is 12.3 Å². The van der Waals surface area contributed by atoms with Gasteiger partial charge in [0, 0.05) is 57.1 Å². The van der Waals surface area contributed by atoms with Crippen molar-refractivity contribution < 1.29 is 13.9 Å². The van der Waals surface area contributed by atoms with Gasteiger partial charge in [-0.2, -0.15) is 0 Å². The maximum absolute atomic E-state index is 12.6. The molecule has 1 saturated heterocycles. The molecular formula is C21H23N5O3. The number of methoxy groups -OCH3 is 1. The standard InChI is InChI=1S/C21H23N5O3/c1-28-18-6-4-17(5-7-18)25-11-13-26(14-12-25)20(27)9-8-19-23-24-21(29-19)16-3-2-10-22-15-16/h2-7,10,15H,8-9,11-14H2,1H3. The van der Waals surface area contributed by atoms with Gasteiger partial charge < -0.3 is 19.0 Å². The first-order valence-electron chi connectivity index (χ1n) is 9.62. The first-order valence-corrected chi connectivity index (χ1v) is 9.62. The Bertz CT molecular complexity index is 934. The molecule has 1 fully saturated rings. The fourth-order valence-electron chi connectivity index (χ4n) is 3.34. The zero-order valence-electron chi connectivity index (χ0n) is 16.3. The largest absolute Gasteiger partial charge is 0.497 e. The molecule has 8 heteroatoms. The molecule has 0 aliphatic carbocycles. The highest BCUT2D eigenvalue weighted by atomic mass is 16.5. The van der Waals surface area contributed by atoms with E-state index in [2.05, 4.69) is 20.1 Å². The van der Waals surface area contributed by atoms with Crippen LogP contribution in [0.3, 0.4) is 0 Å². The second-order valence-corrected chi connectivity index (χ2v) is 6.81. The van der Waals surface area contributed by atoms with Gasteiger partial charge in [0.05, 0.1) is 12.7 Å². The minimum absolute atomic E-state index is 0.112. The van der Waals surface area contributed by atoms with E-state index in [1.807, 2.05) is 41.3 Å². The smallest absolute Gasteiger partial charge is 0.249 e. The molecule has 1 amide bonds. The van der Waals surface area contributed by atoms with Gasteiger partial charge in [0.15, 0.2) is 0 Å². The van der Waals surface area contributed by atoms with Gasteiger partial charge >= 0.3 is 0 Å². The van der Waals surface area contributed by atoms with Crippen LogP contribution in [0.15, 0.2) is 53.2 Å². The molecule has 1 aliphatic heterocycles. The molecule has 8 nitrogen and oxygen atoms in total. The van der Waals surface area contributed by atoms with Crippen molar-refractivity contribution in [2.24, 2.45) is 0 Å². The van der Waals surface area contributed by atoms with Gasteiger partial charge in [0.25, 0.3) is 0 Å². The highest BCUT2D eigenvalue weighted by Crippen LogP contribution is 2.21. The van der Waals surface area contributed by atoms with Crippen molar-refractivity contribution in [3.8, 4) is 17.2 Å². The monoisotopic (exact) mass is 393 g/mol. The third-order valence-corrected chi connectivity index (χ3v) is 5.00. The average Bonchev–Trinajstić information content (AvgIpc) is 3.27. The minimum Gasteiger partial charge on any atom is -0.497 e. The van der Waals surface area contributed by atoms with Crippen LogP contribution in [0.4, 0.5) is 5.69 Å². The van der Waals surface area contributed by atoms with Crippen molar-refractivity contribution in [3.05, 3.63) is 54.7 Å². The predicted octanol–water partition coefficient (Wildman–Crippen LogP) is 2.42. The van der Waals surface area contributed by atoms with Gasteiger partial charge in [-0.3, -0.25) is 9.78 Å². The molecular weight excluding hydrogens is 370 g/mol. The van der Waals surface area contributed by atoms with Crippen molar-refractivity contribution in [1.82, 2.24) is 20.1 Å². The Morgan fingerprint density at radius 1 is 1.10 bits per heavy atom. The number of hydrogen-bond donors (Lipinski definition) is 0. The van der Waals surface area contributed by atoms with Gasteiger partial charge in [-0.15, -0.1) is 10.2 Å². The summed E-state index contributed by atoms with van der Waals surface area (Å²) >= 11 is 0. The SMILES string of the molecule is COc1ccc(N2CCN(C(=O)CCc3nnc(-c4cccnc4)o3)CC2)cc1. The van der Waals surface area contributed by atoms with E-state index < -0.39 is 0 Å². The number of aromatic nitrogens is 3. The lowest BCUT2D eigenvalue weighted by atomic mass is 10.2. The normalized spacial score (nSPS) is 14.1. The van der Waals surface area contributed by atoms with Crippen LogP contribution in [-0.2, 0) is 11.2 Å². The van der Waals surface area contributed by atoms with Gasteiger partial charge in [-0.1, -0.05) is 0 Å². The van der Waals surface area contributed by atoms with E-state index in [4.69, 9.17) is 9.15 Å². The van der Waals surface area contributed by atoms with E-state index in [0.29, 0.717) is 37.7 Å². The fraction of sp³-hybridized carbons (Fsp3) is 0.333. The first-order chi connectivity index (χ1) is 14.2. The van der Waals surface area contributed by atoms with Gasteiger partial charge in [0.1, 0.15) is 5.75 Å². The number of ether oxygens (including phenoxy) is 1. The van der Waals surface area contributed by atoms with Crippen LogP contribution in [0.2, 0.25) is 0 Å². The van der Waals surface area contributed by atoms with Crippen molar-refractivity contribution in [1.29, 1.82) is 0 Å². The van der Waals surface area contributed by atoms with Crippen LogP contribution in [0.25, 0.3) is 11.5 Å². The molecule has 3 aromatic rings.